The zero-order valence-corrected chi connectivity index (χ0v) is 12.0. The van der Waals surface area contributed by atoms with E-state index in [2.05, 4.69) is 4.84 Å². The summed E-state index contributed by atoms with van der Waals surface area (Å²) in [6.07, 6.45) is 1.54. The van der Waals surface area contributed by atoms with E-state index < -0.39 is 5.97 Å². The third kappa shape index (κ3) is 3.38. The number of nitrogens with two attached hydrogens (primary N) is 1. The molecule has 0 aliphatic rings. The molecule has 0 saturated carbocycles. The summed E-state index contributed by atoms with van der Waals surface area (Å²) in [5.41, 5.74) is 3.77. The molecule has 104 valence electrons. The van der Waals surface area contributed by atoms with Gasteiger partial charge < -0.3 is 4.84 Å². The molecule has 4 heteroatoms. The standard InChI is InChI=1S/C16H16ClNO2/c1-2-13-10-12(5-8-15(13)16(19)20-18)9-11-3-6-14(17)7-4-11/h3-8,10H,2,9,18H2,1H3. The van der Waals surface area contributed by atoms with Crippen LogP contribution in [0.5, 0.6) is 0 Å². The van der Waals surface area contributed by atoms with E-state index in [0.29, 0.717) is 5.56 Å². The maximum Gasteiger partial charge on any atom is 0.356 e. The molecule has 2 rings (SSSR count). The molecule has 0 amide bonds. The lowest BCUT2D eigenvalue weighted by molar-refractivity contribution is 0.0502. The van der Waals surface area contributed by atoms with Gasteiger partial charge in [-0.1, -0.05) is 42.8 Å². The molecule has 2 N–H and O–H groups in total. The summed E-state index contributed by atoms with van der Waals surface area (Å²) in [6, 6.07) is 13.4. The second kappa shape index (κ2) is 6.55. The Balaban J connectivity index is 2.25. The third-order valence-corrected chi connectivity index (χ3v) is 3.45. The normalized spacial score (nSPS) is 10.3. The average molecular weight is 290 g/mol. The highest BCUT2D eigenvalue weighted by molar-refractivity contribution is 6.30. The summed E-state index contributed by atoms with van der Waals surface area (Å²) in [7, 11) is 0. The molecule has 0 saturated heterocycles. The third-order valence-electron chi connectivity index (χ3n) is 3.20. The molecular weight excluding hydrogens is 274 g/mol. The molecule has 3 nitrogen and oxygen atoms in total. The van der Waals surface area contributed by atoms with E-state index in [0.717, 1.165) is 29.0 Å². The smallest absolute Gasteiger partial charge is 0.356 e. The molecule has 0 atom stereocenters. The molecule has 0 aromatic heterocycles. The molecule has 0 unspecified atom stereocenters. The van der Waals surface area contributed by atoms with Gasteiger partial charge >= 0.3 is 5.97 Å². The van der Waals surface area contributed by atoms with E-state index in [9.17, 15) is 4.79 Å². The largest absolute Gasteiger partial charge is 0.370 e. The summed E-state index contributed by atoms with van der Waals surface area (Å²) in [5.74, 6) is 4.44. The summed E-state index contributed by atoms with van der Waals surface area (Å²) in [6.45, 7) is 1.99. The van der Waals surface area contributed by atoms with Crippen LogP contribution in [-0.2, 0) is 17.7 Å². The molecule has 2 aromatic carbocycles. The predicted octanol–water partition coefficient (Wildman–Crippen LogP) is 3.52. The van der Waals surface area contributed by atoms with Crippen molar-refractivity contribution in [3.05, 3.63) is 69.7 Å². The average Bonchev–Trinajstić information content (AvgIpc) is 2.48. The Bertz CT molecular complexity index is 608. The Morgan fingerprint density at radius 3 is 2.40 bits per heavy atom. The number of carbonyl (C=O) groups excluding carboxylic acids is 1. The maximum absolute atomic E-state index is 11.5. The first kappa shape index (κ1) is 14.6. The van der Waals surface area contributed by atoms with Crippen LogP contribution >= 0.6 is 11.6 Å². The lowest BCUT2D eigenvalue weighted by Crippen LogP contribution is -2.12. The van der Waals surface area contributed by atoms with Gasteiger partial charge in [-0.3, -0.25) is 0 Å². The first-order valence-electron chi connectivity index (χ1n) is 6.41. The number of aryl methyl sites for hydroxylation is 1. The van der Waals surface area contributed by atoms with Gasteiger partial charge in [0, 0.05) is 5.02 Å². The Morgan fingerprint density at radius 1 is 1.15 bits per heavy atom. The Labute approximate surface area is 123 Å². The van der Waals surface area contributed by atoms with Crippen LogP contribution in [-0.4, -0.2) is 5.97 Å². The van der Waals surface area contributed by atoms with Crippen molar-refractivity contribution in [2.24, 2.45) is 5.90 Å². The number of hydrogen-bond acceptors (Lipinski definition) is 3. The number of halogens is 1. The monoisotopic (exact) mass is 289 g/mol. The number of carbonyl (C=O) groups is 1. The maximum atomic E-state index is 11.5. The van der Waals surface area contributed by atoms with Gasteiger partial charge in [-0.25, -0.2) is 4.79 Å². The highest BCUT2D eigenvalue weighted by Crippen LogP contribution is 2.18. The lowest BCUT2D eigenvalue weighted by atomic mass is 9.98. The van der Waals surface area contributed by atoms with Crippen molar-refractivity contribution in [2.75, 3.05) is 0 Å². The van der Waals surface area contributed by atoms with Crippen molar-refractivity contribution in [1.29, 1.82) is 0 Å². The second-order valence-corrected chi connectivity index (χ2v) is 4.99. The van der Waals surface area contributed by atoms with Crippen LogP contribution in [0.1, 0.15) is 34.0 Å². The van der Waals surface area contributed by atoms with Gasteiger partial charge in [0.2, 0.25) is 0 Å². The molecule has 2 aromatic rings. The van der Waals surface area contributed by atoms with Crippen LogP contribution in [0, 0.1) is 0 Å². The number of rotatable bonds is 4. The number of hydrogen-bond donors (Lipinski definition) is 1. The van der Waals surface area contributed by atoms with E-state index in [1.165, 1.54) is 5.56 Å². The van der Waals surface area contributed by atoms with Gasteiger partial charge in [0.15, 0.2) is 0 Å². The van der Waals surface area contributed by atoms with E-state index in [1.807, 2.05) is 43.3 Å². The van der Waals surface area contributed by atoms with Crippen molar-refractivity contribution >= 4 is 17.6 Å². The zero-order valence-electron chi connectivity index (χ0n) is 11.2. The van der Waals surface area contributed by atoms with E-state index >= 15 is 0 Å². The Morgan fingerprint density at radius 2 is 1.80 bits per heavy atom. The first-order valence-corrected chi connectivity index (χ1v) is 6.79. The summed E-state index contributed by atoms with van der Waals surface area (Å²) in [4.78, 5) is 15.8. The SMILES string of the molecule is CCc1cc(Cc2ccc(Cl)cc2)ccc1C(=O)ON. The molecule has 20 heavy (non-hydrogen) atoms. The molecular formula is C16H16ClNO2. The molecule has 0 radical (unpaired) electrons. The molecule has 0 spiro atoms. The number of benzene rings is 2. The Kier molecular flexibility index (Phi) is 4.77. The Hall–Kier alpha value is -1.84. The minimum absolute atomic E-state index is 0.500. The minimum Gasteiger partial charge on any atom is -0.370 e. The molecule has 0 aliphatic carbocycles. The quantitative estimate of drug-likeness (QED) is 0.876. The fourth-order valence-electron chi connectivity index (χ4n) is 2.15. The summed E-state index contributed by atoms with van der Waals surface area (Å²) >= 11 is 5.87. The topological polar surface area (TPSA) is 52.3 Å². The second-order valence-electron chi connectivity index (χ2n) is 4.55. The molecule has 0 aliphatic heterocycles. The van der Waals surface area contributed by atoms with Crippen LogP contribution in [0.2, 0.25) is 5.02 Å². The van der Waals surface area contributed by atoms with E-state index in [4.69, 9.17) is 17.5 Å². The fourth-order valence-corrected chi connectivity index (χ4v) is 2.28. The van der Waals surface area contributed by atoms with Crippen molar-refractivity contribution < 1.29 is 9.63 Å². The molecule has 0 bridgehead atoms. The molecule has 0 fully saturated rings. The highest BCUT2D eigenvalue weighted by atomic mass is 35.5. The lowest BCUT2D eigenvalue weighted by Gasteiger charge is -2.09. The van der Waals surface area contributed by atoms with Crippen LogP contribution in [0.4, 0.5) is 0 Å². The molecule has 0 heterocycles. The minimum atomic E-state index is -0.500. The van der Waals surface area contributed by atoms with Gasteiger partial charge in [0.25, 0.3) is 0 Å². The van der Waals surface area contributed by atoms with Gasteiger partial charge in [0.1, 0.15) is 0 Å². The van der Waals surface area contributed by atoms with Crippen LogP contribution in [0.15, 0.2) is 42.5 Å². The van der Waals surface area contributed by atoms with Crippen LogP contribution < -0.4 is 5.90 Å². The van der Waals surface area contributed by atoms with Crippen molar-refractivity contribution in [3.63, 3.8) is 0 Å². The van der Waals surface area contributed by atoms with Gasteiger partial charge in [-0.2, -0.15) is 5.90 Å². The predicted molar refractivity (Wildman–Crippen MR) is 79.7 cm³/mol. The highest BCUT2D eigenvalue weighted by Gasteiger charge is 2.11. The summed E-state index contributed by atoms with van der Waals surface area (Å²) in [5, 5.41) is 0.726. The first-order chi connectivity index (χ1) is 9.63. The van der Waals surface area contributed by atoms with Crippen molar-refractivity contribution in [1.82, 2.24) is 0 Å². The van der Waals surface area contributed by atoms with Crippen molar-refractivity contribution in [3.8, 4) is 0 Å². The van der Waals surface area contributed by atoms with Crippen LogP contribution in [0.3, 0.4) is 0 Å². The fraction of sp³-hybridized carbons (Fsp3) is 0.188. The van der Waals surface area contributed by atoms with Gasteiger partial charge in [-0.15, -0.1) is 0 Å². The van der Waals surface area contributed by atoms with Crippen LogP contribution in [0.25, 0.3) is 0 Å². The van der Waals surface area contributed by atoms with Crippen molar-refractivity contribution in [2.45, 2.75) is 19.8 Å². The summed E-state index contributed by atoms with van der Waals surface area (Å²) < 4.78 is 0. The van der Waals surface area contributed by atoms with E-state index in [-0.39, 0.29) is 0 Å². The zero-order chi connectivity index (χ0) is 14.5. The van der Waals surface area contributed by atoms with Gasteiger partial charge in [0.05, 0.1) is 5.56 Å². The van der Waals surface area contributed by atoms with E-state index in [1.54, 1.807) is 6.07 Å². The van der Waals surface area contributed by atoms with Gasteiger partial charge in [-0.05, 0) is 47.7 Å².